The van der Waals surface area contributed by atoms with E-state index in [9.17, 15) is 9.59 Å². The Bertz CT molecular complexity index is 1490. The van der Waals surface area contributed by atoms with Gasteiger partial charge in [-0.3, -0.25) is 4.79 Å². The number of ether oxygens (including phenoxy) is 3. The number of hydrogen-bond donors (Lipinski definition) is 0. The molecular formula is C31H24O5. The van der Waals surface area contributed by atoms with Crippen LogP contribution in [0.15, 0.2) is 97.6 Å². The standard InChI is InChI=1S/C31H24O5/c1-3-29(32)35-27-16-17-28(22-13-5-4-12-21(22)27)36-30(33)26-18-23-19-10-6-8-14-24(19)31(26,34-2)25-15-9-7-11-20(23)25/h3-17,23,26H,1,18H2,2H3. The molecule has 0 saturated carbocycles. The SMILES string of the molecule is C=CC(=O)Oc1ccc(OC(=O)C2CC3c4ccccc4C2(OC)c2ccccc23)c2ccccc12. The molecule has 5 nitrogen and oxygen atoms in total. The predicted molar refractivity (Wildman–Crippen MR) is 136 cm³/mol. The average Bonchev–Trinajstić information content (AvgIpc) is 2.94. The van der Waals surface area contributed by atoms with E-state index in [0.29, 0.717) is 28.7 Å². The molecule has 0 aromatic heterocycles. The fourth-order valence-electron chi connectivity index (χ4n) is 6.00. The van der Waals surface area contributed by atoms with E-state index in [1.165, 1.54) is 11.1 Å². The number of carbonyl (C=O) groups excluding carboxylic acids is 2. The zero-order valence-electron chi connectivity index (χ0n) is 19.8. The predicted octanol–water partition coefficient (Wildman–Crippen LogP) is 5.89. The largest absolute Gasteiger partial charge is 0.426 e. The summed E-state index contributed by atoms with van der Waals surface area (Å²) in [5.74, 6) is -0.570. The molecule has 0 amide bonds. The molecule has 0 spiro atoms. The van der Waals surface area contributed by atoms with E-state index < -0.39 is 17.5 Å². The average molecular weight is 477 g/mol. The number of fused-ring (bicyclic) bond motifs is 2. The summed E-state index contributed by atoms with van der Waals surface area (Å²) in [6.07, 6.45) is 1.70. The lowest BCUT2D eigenvalue weighted by molar-refractivity contribution is -0.152. The quantitative estimate of drug-likeness (QED) is 0.204. The van der Waals surface area contributed by atoms with Crippen LogP contribution in [0.5, 0.6) is 11.5 Å². The highest BCUT2D eigenvalue weighted by molar-refractivity contribution is 5.97. The lowest BCUT2D eigenvalue weighted by atomic mass is 9.56. The Morgan fingerprint density at radius 1 is 0.806 bits per heavy atom. The molecule has 1 unspecified atom stereocenters. The summed E-state index contributed by atoms with van der Waals surface area (Å²) in [5, 5.41) is 1.34. The van der Waals surface area contributed by atoms with Gasteiger partial charge in [-0.05, 0) is 40.8 Å². The third kappa shape index (κ3) is 3.13. The maximum Gasteiger partial charge on any atom is 0.335 e. The van der Waals surface area contributed by atoms with E-state index in [4.69, 9.17) is 14.2 Å². The van der Waals surface area contributed by atoms with Gasteiger partial charge in [0.15, 0.2) is 0 Å². The van der Waals surface area contributed by atoms with Gasteiger partial charge in [-0.2, -0.15) is 0 Å². The van der Waals surface area contributed by atoms with Crippen LogP contribution in [0.2, 0.25) is 0 Å². The van der Waals surface area contributed by atoms with Gasteiger partial charge in [-0.1, -0.05) is 79.4 Å². The minimum absolute atomic E-state index is 0.0874. The minimum Gasteiger partial charge on any atom is -0.426 e. The molecule has 0 heterocycles. The molecule has 0 saturated heterocycles. The maximum atomic E-state index is 13.9. The fourth-order valence-corrected chi connectivity index (χ4v) is 6.00. The van der Waals surface area contributed by atoms with Crippen molar-refractivity contribution in [2.24, 2.45) is 5.92 Å². The zero-order valence-corrected chi connectivity index (χ0v) is 19.8. The van der Waals surface area contributed by atoms with Crippen LogP contribution < -0.4 is 9.47 Å². The minimum atomic E-state index is -0.936. The topological polar surface area (TPSA) is 61.8 Å². The number of methoxy groups -OCH3 is 1. The van der Waals surface area contributed by atoms with Crippen LogP contribution >= 0.6 is 0 Å². The molecule has 178 valence electrons. The van der Waals surface area contributed by atoms with Crippen LogP contribution in [0.4, 0.5) is 0 Å². The second-order valence-corrected chi connectivity index (χ2v) is 9.11. The molecule has 3 aliphatic rings. The molecule has 1 atom stereocenters. The van der Waals surface area contributed by atoms with E-state index >= 15 is 0 Å². The van der Waals surface area contributed by atoms with Gasteiger partial charge < -0.3 is 14.2 Å². The third-order valence-corrected chi connectivity index (χ3v) is 7.47. The van der Waals surface area contributed by atoms with Crippen molar-refractivity contribution >= 4 is 22.7 Å². The molecule has 0 aliphatic heterocycles. The Hall–Kier alpha value is -4.22. The van der Waals surface area contributed by atoms with Gasteiger partial charge in [-0.25, -0.2) is 4.79 Å². The van der Waals surface area contributed by atoms with Crippen LogP contribution in [0.1, 0.15) is 34.6 Å². The third-order valence-electron chi connectivity index (χ3n) is 7.47. The molecule has 7 rings (SSSR count). The van der Waals surface area contributed by atoms with Gasteiger partial charge in [0, 0.05) is 29.9 Å². The van der Waals surface area contributed by atoms with Crippen molar-refractivity contribution in [3.05, 3.63) is 120 Å². The number of benzene rings is 4. The van der Waals surface area contributed by atoms with E-state index in [0.717, 1.165) is 17.2 Å². The first-order valence-corrected chi connectivity index (χ1v) is 11.9. The summed E-state index contributed by atoms with van der Waals surface area (Å²) < 4.78 is 17.8. The van der Waals surface area contributed by atoms with E-state index in [1.54, 1.807) is 19.2 Å². The second-order valence-electron chi connectivity index (χ2n) is 9.11. The van der Waals surface area contributed by atoms with Crippen LogP contribution in [-0.2, 0) is 19.9 Å². The molecule has 0 N–H and O–H groups in total. The summed E-state index contributed by atoms with van der Waals surface area (Å²) in [5.41, 5.74) is 3.48. The van der Waals surface area contributed by atoms with Crippen LogP contribution in [0.25, 0.3) is 10.8 Å². The van der Waals surface area contributed by atoms with Crippen LogP contribution in [-0.4, -0.2) is 19.0 Å². The van der Waals surface area contributed by atoms with Gasteiger partial charge in [0.25, 0.3) is 0 Å². The highest BCUT2D eigenvalue weighted by atomic mass is 16.5. The second kappa shape index (κ2) is 8.47. The molecular weight excluding hydrogens is 452 g/mol. The summed E-state index contributed by atoms with van der Waals surface area (Å²) in [4.78, 5) is 25.7. The Labute approximate surface area is 208 Å². The summed E-state index contributed by atoms with van der Waals surface area (Å²) in [7, 11) is 1.66. The van der Waals surface area contributed by atoms with Gasteiger partial charge in [-0.15, -0.1) is 0 Å². The van der Waals surface area contributed by atoms with Gasteiger partial charge in [0.2, 0.25) is 0 Å². The van der Waals surface area contributed by atoms with Crippen molar-refractivity contribution in [2.45, 2.75) is 17.9 Å². The van der Waals surface area contributed by atoms with Crippen LogP contribution in [0.3, 0.4) is 0 Å². The number of hydrogen-bond acceptors (Lipinski definition) is 5. The highest BCUT2D eigenvalue weighted by Gasteiger charge is 2.58. The summed E-state index contributed by atoms with van der Waals surface area (Å²) in [6, 6.07) is 27.1. The molecule has 0 radical (unpaired) electrons. The molecule has 3 aliphatic carbocycles. The summed E-state index contributed by atoms with van der Waals surface area (Å²) >= 11 is 0. The van der Waals surface area contributed by atoms with E-state index in [1.807, 2.05) is 48.5 Å². The maximum absolute atomic E-state index is 13.9. The highest BCUT2D eigenvalue weighted by Crippen LogP contribution is 2.59. The van der Waals surface area contributed by atoms with E-state index in [2.05, 4.69) is 30.8 Å². The lowest BCUT2D eigenvalue weighted by Crippen LogP contribution is -2.52. The lowest BCUT2D eigenvalue weighted by Gasteiger charge is -2.52. The Balaban J connectivity index is 1.42. The Morgan fingerprint density at radius 2 is 1.33 bits per heavy atom. The van der Waals surface area contributed by atoms with Crippen molar-refractivity contribution in [2.75, 3.05) is 7.11 Å². The Morgan fingerprint density at radius 3 is 1.89 bits per heavy atom. The van der Waals surface area contributed by atoms with Gasteiger partial charge in [0.05, 0.1) is 5.92 Å². The Kier molecular flexibility index (Phi) is 5.23. The van der Waals surface area contributed by atoms with Gasteiger partial charge in [0.1, 0.15) is 17.1 Å². The molecule has 2 bridgehead atoms. The molecule has 36 heavy (non-hydrogen) atoms. The summed E-state index contributed by atoms with van der Waals surface area (Å²) in [6.45, 7) is 3.46. The van der Waals surface area contributed by atoms with Crippen molar-refractivity contribution in [3.63, 3.8) is 0 Å². The molecule has 4 aromatic rings. The van der Waals surface area contributed by atoms with Crippen molar-refractivity contribution in [3.8, 4) is 11.5 Å². The van der Waals surface area contributed by atoms with Crippen molar-refractivity contribution in [1.82, 2.24) is 0 Å². The monoisotopic (exact) mass is 476 g/mol. The van der Waals surface area contributed by atoms with Crippen molar-refractivity contribution in [1.29, 1.82) is 0 Å². The smallest absolute Gasteiger partial charge is 0.335 e. The zero-order chi connectivity index (χ0) is 24.9. The van der Waals surface area contributed by atoms with Crippen LogP contribution in [0, 0.1) is 5.92 Å². The van der Waals surface area contributed by atoms with Crippen molar-refractivity contribution < 1.29 is 23.8 Å². The normalized spacial score (nSPS) is 21.4. The first-order chi connectivity index (χ1) is 17.6. The van der Waals surface area contributed by atoms with E-state index in [-0.39, 0.29) is 11.9 Å². The first-order valence-electron chi connectivity index (χ1n) is 11.9. The van der Waals surface area contributed by atoms with Gasteiger partial charge >= 0.3 is 11.9 Å². The molecule has 0 fully saturated rings. The number of carbonyl (C=O) groups is 2. The number of esters is 2. The molecule has 4 aromatic carbocycles. The molecule has 5 heteroatoms. The number of rotatable bonds is 5. The first kappa shape index (κ1) is 22.3. The fraction of sp³-hybridized carbons (Fsp3) is 0.161.